The summed E-state index contributed by atoms with van der Waals surface area (Å²) < 4.78 is 32.4. The molecule has 0 unspecified atom stereocenters. The van der Waals surface area contributed by atoms with Crippen LogP contribution in [0.1, 0.15) is 22.8 Å². The molecule has 0 bridgehead atoms. The third-order valence-electron chi connectivity index (χ3n) is 3.52. The predicted molar refractivity (Wildman–Crippen MR) is 96.9 cm³/mol. The lowest BCUT2D eigenvalue weighted by Gasteiger charge is -2.22. The first-order valence-electron chi connectivity index (χ1n) is 7.29. The molecule has 0 aliphatic carbocycles. The van der Waals surface area contributed by atoms with Crippen LogP contribution in [0.3, 0.4) is 0 Å². The number of hydrogen-bond donors (Lipinski definition) is 0. The van der Waals surface area contributed by atoms with Crippen LogP contribution in [0, 0.1) is 6.92 Å². The molecular formula is C17H18BrNO4S. The van der Waals surface area contributed by atoms with E-state index in [1.165, 1.54) is 23.5 Å². The highest BCUT2D eigenvalue weighted by atomic mass is 79.9. The van der Waals surface area contributed by atoms with Crippen LogP contribution in [-0.4, -0.2) is 28.0 Å². The van der Waals surface area contributed by atoms with Crippen LogP contribution >= 0.6 is 15.9 Å². The molecule has 0 aliphatic heterocycles. The van der Waals surface area contributed by atoms with Gasteiger partial charge in [0.05, 0.1) is 22.8 Å². The fraction of sp³-hybridized carbons (Fsp3) is 0.235. The largest absolute Gasteiger partial charge is 0.462 e. The normalized spacial score (nSPS) is 11.2. The van der Waals surface area contributed by atoms with E-state index in [-0.39, 0.29) is 11.5 Å². The minimum atomic E-state index is -3.68. The molecule has 0 heterocycles. The third kappa shape index (κ3) is 3.79. The smallest absolute Gasteiger partial charge is 0.338 e. The molecule has 24 heavy (non-hydrogen) atoms. The minimum absolute atomic E-state index is 0.196. The maximum absolute atomic E-state index is 12.7. The van der Waals surface area contributed by atoms with Gasteiger partial charge in [0.1, 0.15) is 0 Å². The molecule has 2 rings (SSSR count). The van der Waals surface area contributed by atoms with Gasteiger partial charge in [0.25, 0.3) is 10.0 Å². The summed E-state index contributed by atoms with van der Waals surface area (Å²) in [6.45, 7) is 3.78. The zero-order valence-corrected chi connectivity index (χ0v) is 16.0. The number of hydrogen-bond acceptors (Lipinski definition) is 4. The van der Waals surface area contributed by atoms with E-state index >= 15 is 0 Å². The number of ether oxygens (including phenoxy) is 1. The Morgan fingerprint density at radius 2 is 1.79 bits per heavy atom. The first-order valence-corrected chi connectivity index (χ1v) is 9.53. The lowest BCUT2D eigenvalue weighted by Crippen LogP contribution is -2.27. The molecule has 2 aromatic rings. The highest BCUT2D eigenvalue weighted by Gasteiger charge is 2.23. The molecule has 0 saturated heterocycles. The molecule has 0 spiro atoms. The van der Waals surface area contributed by atoms with Crippen molar-refractivity contribution in [1.29, 1.82) is 0 Å². The first kappa shape index (κ1) is 18.5. The minimum Gasteiger partial charge on any atom is -0.462 e. The van der Waals surface area contributed by atoms with Gasteiger partial charge in [-0.2, -0.15) is 0 Å². The fourth-order valence-corrected chi connectivity index (χ4v) is 3.77. The number of benzene rings is 2. The molecule has 0 radical (unpaired) electrons. The molecule has 0 atom stereocenters. The van der Waals surface area contributed by atoms with Crippen LogP contribution in [0.15, 0.2) is 51.8 Å². The number of sulfonamides is 1. The summed E-state index contributed by atoms with van der Waals surface area (Å²) in [4.78, 5) is 12.0. The average molecular weight is 412 g/mol. The molecule has 0 aromatic heterocycles. The fourth-order valence-electron chi connectivity index (χ4n) is 2.24. The van der Waals surface area contributed by atoms with Gasteiger partial charge in [0, 0.05) is 11.5 Å². The van der Waals surface area contributed by atoms with Gasteiger partial charge >= 0.3 is 5.97 Å². The second kappa shape index (κ2) is 7.36. The molecule has 0 aliphatic rings. The summed E-state index contributed by atoms with van der Waals surface area (Å²) in [6.07, 6.45) is 0. The Balaban J connectivity index is 2.37. The second-order valence-corrected chi connectivity index (χ2v) is 8.03. The van der Waals surface area contributed by atoms with Gasteiger partial charge in [-0.15, -0.1) is 0 Å². The van der Waals surface area contributed by atoms with E-state index < -0.39 is 16.0 Å². The van der Waals surface area contributed by atoms with Crippen molar-refractivity contribution in [3.8, 4) is 0 Å². The van der Waals surface area contributed by atoms with Gasteiger partial charge in [-0.05, 0) is 61.9 Å². The molecule has 5 nitrogen and oxygen atoms in total. The van der Waals surface area contributed by atoms with Crippen LogP contribution in [0.2, 0.25) is 0 Å². The van der Waals surface area contributed by atoms with Crippen LogP contribution in [-0.2, 0) is 14.8 Å². The molecule has 0 fully saturated rings. The number of halogens is 1. The predicted octanol–water partition coefficient (Wildman–Crippen LogP) is 3.76. The lowest BCUT2D eigenvalue weighted by atomic mass is 10.1. The zero-order chi connectivity index (χ0) is 17.9. The molecule has 128 valence electrons. The van der Waals surface area contributed by atoms with Crippen molar-refractivity contribution in [2.24, 2.45) is 0 Å². The van der Waals surface area contributed by atoms with Crippen LogP contribution in [0.25, 0.3) is 0 Å². The number of nitrogens with zero attached hydrogens (tertiary/aromatic N) is 1. The van der Waals surface area contributed by atoms with Gasteiger partial charge in [0.15, 0.2) is 0 Å². The van der Waals surface area contributed by atoms with Gasteiger partial charge in [0.2, 0.25) is 0 Å². The van der Waals surface area contributed by atoms with Crippen molar-refractivity contribution in [3.63, 3.8) is 0 Å². The topological polar surface area (TPSA) is 63.7 Å². The van der Waals surface area contributed by atoms with E-state index in [2.05, 4.69) is 15.9 Å². The Labute approximate surface area is 150 Å². The molecule has 7 heteroatoms. The molecule has 0 N–H and O–H groups in total. The summed E-state index contributed by atoms with van der Waals surface area (Å²) in [7, 11) is -2.19. The van der Waals surface area contributed by atoms with Crippen LogP contribution in [0.5, 0.6) is 0 Å². The van der Waals surface area contributed by atoms with E-state index in [1.807, 2.05) is 0 Å². The highest BCUT2D eigenvalue weighted by Crippen LogP contribution is 2.27. The molecule has 2 aromatic carbocycles. The number of rotatable bonds is 5. The number of esters is 1. The first-order chi connectivity index (χ1) is 11.3. The van der Waals surface area contributed by atoms with Crippen LogP contribution in [0.4, 0.5) is 5.69 Å². The van der Waals surface area contributed by atoms with Crippen molar-refractivity contribution in [2.45, 2.75) is 18.7 Å². The Bertz CT molecular complexity index is 847. The zero-order valence-electron chi connectivity index (χ0n) is 13.6. The number of anilines is 1. The summed E-state index contributed by atoms with van der Waals surface area (Å²) in [6, 6.07) is 11.2. The second-order valence-electron chi connectivity index (χ2n) is 5.15. The maximum atomic E-state index is 12.7. The van der Waals surface area contributed by atoms with Crippen molar-refractivity contribution in [1.82, 2.24) is 0 Å². The highest BCUT2D eigenvalue weighted by molar-refractivity contribution is 9.10. The van der Waals surface area contributed by atoms with E-state index in [9.17, 15) is 13.2 Å². The van der Waals surface area contributed by atoms with Gasteiger partial charge in [-0.1, -0.05) is 15.9 Å². The quantitative estimate of drug-likeness (QED) is 0.702. The Morgan fingerprint density at radius 3 is 2.33 bits per heavy atom. The molecule has 0 amide bonds. The van der Waals surface area contributed by atoms with E-state index in [4.69, 9.17) is 4.74 Å². The van der Waals surface area contributed by atoms with Crippen molar-refractivity contribution >= 4 is 37.6 Å². The number of carbonyl (C=O) groups is 1. The maximum Gasteiger partial charge on any atom is 0.338 e. The summed E-state index contributed by atoms with van der Waals surface area (Å²) in [5, 5.41) is 0. The SMILES string of the molecule is CCOC(=O)c1ccc(N(C)S(=O)(=O)c2ccc(Br)cc2)c(C)c1. The monoisotopic (exact) mass is 411 g/mol. The van der Waals surface area contributed by atoms with Gasteiger partial charge in [-0.3, -0.25) is 4.31 Å². The standard InChI is InChI=1S/C17H18BrNO4S/c1-4-23-17(20)13-5-10-16(12(2)11-13)19(3)24(21,22)15-8-6-14(18)7-9-15/h5-11H,4H2,1-3H3. The lowest BCUT2D eigenvalue weighted by molar-refractivity contribution is 0.0526. The Morgan fingerprint density at radius 1 is 1.17 bits per heavy atom. The van der Waals surface area contributed by atoms with Crippen molar-refractivity contribution in [3.05, 3.63) is 58.1 Å². The van der Waals surface area contributed by atoms with E-state index in [0.29, 0.717) is 16.8 Å². The van der Waals surface area contributed by atoms with Crippen molar-refractivity contribution in [2.75, 3.05) is 18.0 Å². The average Bonchev–Trinajstić information content (AvgIpc) is 2.54. The summed E-state index contributed by atoms with van der Waals surface area (Å²) >= 11 is 3.29. The van der Waals surface area contributed by atoms with Crippen molar-refractivity contribution < 1.29 is 17.9 Å². The number of carbonyl (C=O) groups excluding carboxylic acids is 1. The molecular weight excluding hydrogens is 394 g/mol. The molecule has 0 saturated carbocycles. The third-order valence-corrected chi connectivity index (χ3v) is 5.83. The number of aryl methyl sites for hydroxylation is 1. The van der Waals surface area contributed by atoms with E-state index in [1.54, 1.807) is 44.2 Å². The summed E-state index contributed by atoms with van der Waals surface area (Å²) in [5.74, 6) is -0.425. The Hall–Kier alpha value is -1.86. The van der Waals surface area contributed by atoms with Crippen LogP contribution < -0.4 is 4.31 Å². The van der Waals surface area contributed by atoms with Gasteiger partial charge < -0.3 is 4.74 Å². The summed E-state index contributed by atoms with van der Waals surface area (Å²) in [5.41, 5.74) is 1.57. The van der Waals surface area contributed by atoms with Gasteiger partial charge in [-0.25, -0.2) is 13.2 Å². The van der Waals surface area contributed by atoms with E-state index in [0.717, 1.165) is 4.47 Å². The Kier molecular flexibility index (Phi) is 5.66.